The standard InChI is InChI=1S/C14H15N3O2/c1-10-16-12-6-5-11(8-13(12)19-10)9-17(2)14(18)4-3-7-15/h5-6,8H,3-4,9H2,1-2H3. The summed E-state index contributed by atoms with van der Waals surface area (Å²) in [5, 5.41) is 8.47. The van der Waals surface area contributed by atoms with Crippen LogP contribution in [-0.4, -0.2) is 22.8 Å². The Kier molecular flexibility index (Phi) is 3.81. The van der Waals surface area contributed by atoms with E-state index >= 15 is 0 Å². The van der Waals surface area contributed by atoms with Crippen LogP contribution in [0.25, 0.3) is 11.1 Å². The third kappa shape index (κ3) is 3.10. The van der Waals surface area contributed by atoms with Gasteiger partial charge in [0, 0.05) is 33.4 Å². The lowest BCUT2D eigenvalue weighted by molar-refractivity contribution is -0.130. The molecule has 0 bridgehead atoms. The van der Waals surface area contributed by atoms with E-state index in [0.29, 0.717) is 12.4 Å². The molecular formula is C14H15N3O2. The lowest BCUT2D eigenvalue weighted by Gasteiger charge is -2.16. The normalized spacial score (nSPS) is 10.4. The van der Waals surface area contributed by atoms with Crippen molar-refractivity contribution in [2.24, 2.45) is 0 Å². The molecule has 1 aromatic heterocycles. The summed E-state index contributed by atoms with van der Waals surface area (Å²) >= 11 is 0. The Labute approximate surface area is 111 Å². The van der Waals surface area contributed by atoms with Crippen LogP contribution in [0.5, 0.6) is 0 Å². The van der Waals surface area contributed by atoms with Crippen molar-refractivity contribution in [2.45, 2.75) is 26.3 Å². The molecule has 0 N–H and O–H groups in total. The molecule has 0 aliphatic rings. The average Bonchev–Trinajstić information content (AvgIpc) is 2.75. The van der Waals surface area contributed by atoms with E-state index in [0.717, 1.165) is 16.7 Å². The van der Waals surface area contributed by atoms with Crippen LogP contribution < -0.4 is 0 Å². The van der Waals surface area contributed by atoms with Crippen LogP contribution >= 0.6 is 0 Å². The van der Waals surface area contributed by atoms with Gasteiger partial charge in [-0.2, -0.15) is 5.26 Å². The van der Waals surface area contributed by atoms with E-state index in [1.165, 1.54) is 0 Å². The van der Waals surface area contributed by atoms with Gasteiger partial charge in [-0.3, -0.25) is 4.79 Å². The van der Waals surface area contributed by atoms with E-state index in [1.807, 2.05) is 24.3 Å². The zero-order valence-electron chi connectivity index (χ0n) is 11.0. The van der Waals surface area contributed by atoms with Gasteiger partial charge in [0.25, 0.3) is 0 Å². The maximum Gasteiger partial charge on any atom is 0.223 e. The Morgan fingerprint density at radius 3 is 3.05 bits per heavy atom. The van der Waals surface area contributed by atoms with E-state index in [2.05, 4.69) is 4.98 Å². The van der Waals surface area contributed by atoms with Gasteiger partial charge >= 0.3 is 0 Å². The fraction of sp³-hybridized carbons (Fsp3) is 0.357. The molecule has 0 aliphatic heterocycles. The van der Waals surface area contributed by atoms with Gasteiger partial charge in [-0.15, -0.1) is 0 Å². The summed E-state index contributed by atoms with van der Waals surface area (Å²) in [7, 11) is 1.73. The van der Waals surface area contributed by atoms with Gasteiger partial charge in [0.05, 0.1) is 6.07 Å². The lowest BCUT2D eigenvalue weighted by Crippen LogP contribution is -2.25. The molecule has 98 valence electrons. The summed E-state index contributed by atoms with van der Waals surface area (Å²) in [4.78, 5) is 17.6. The van der Waals surface area contributed by atoms with Crippen molar-refractivity contribution in [1.29, 1.82) is 5.26 Å². The zero-order valence-corrected chi connectivity index (χ0v) is 11.0. The third-order valence-electron chi connectivity index (χ3n) is 2.86. The van der Waals surface area contributed by atoms with E-state index in [1.54, 1.807) is 18.9 Å². The van der Waals surface area contributed by atoms with Gasteiger partial charge < -0.3 is 9.32 Å². The molecule has 0 saturated carbocycles. The molecule has 19 heavy (non-hydrogen) atoms. The number of hydrogen-bond acceptors (Lipinski definition) is 4. The number of hydrogen-bond donors (Lipinski definition) is 0. The number of oxazole rings is 1. The molecule has 0 unspecified atom stereocenters. The zero-order chi connectivity index (χ0) is 13.8. The molecule has 0 saturated heterocycles. The minimum absolute atomic E-state index is 0.0320. The topological polar surface area (TPSA) is 70.1 Å². The van der Waals surface area contributed by atoms with Gasteiger partial charge in [0.2, 0.25) is 5.91 Å². The SMILES string of the molecule is Cc1nc2ccc(CN(C)C(=O)CCC#N)cc2o1. The van der Waals surface area contributed by atoms with Gasteiger partial charge in [-0.05, 0) is 17.7 Å². The summed E-state index contributed by atoms with van der Waals surface area (Å²) in [5.41, 5.74) is 2.53. The number of nitriles is 1. The summed E-state index contributed by atoms with van der Waals surface area (Å²) in [6.07, 6.45) is 0.514. The lowest BCUT2D eigenvalue weighted by atomic mass is 10.2. The van der Waals surface area contributed by atoms with Crippen LogP contribution in [0.3, 0.4) is 0 Å². The van der Waals surface area contributed by atoms with Crippen molar-refractivity contribution in [3.63, 3.8) is 0 Å². The third-order valence-corrected chi connectivity index (χ3v) is 2.86. The van der Waals surface area contributed by atoms with Crippen molar-refractivity contribution in [1.82, 2.24) is 9.88 Å². The van der Waals surface area contributed by atoms with Crippen LogP contribution in [0.1, 0.15) is 24.3 Å². The number of carbonyl (C=O) groups is 1. The number of benzene rings is 1. The number of fused-ring (bicyclic) bond motifs is 1. The average molecular weight is 257 g/mol. The molecule has 0 atom stereocenters. The number of amides is 1. The quantitative estimate of drug-likeness (QED) is 0.843. The second-order valence-electron chi connectivity index (χ2n) is 4.44. The molecule has 2 rings (SSSR count). The van der Waals surface area contributed by atoms with Crippen LogP contribution in [0.2, 0.25) is 0 Å². The number of carbonyl (C=O) groups excluding carboxylic acids is 1. The Hall–Kier alpha value is -2.35. The largest absolute Gasteiger partial charge is 0.441 e. The molecule has 0 spiro atoms. The molecule has 1 heterocycles. The van der Waals surface area contributed by atoms with E-state index < -0.39 is 0 Å². The molecule has 1 amide bonds. The van der Waals surface area contributed by atoms with Gasteiger partial charge in [-0.1, -0.05) is 6.07 Å². The number of aryl methyl sites for hydroxylation is 1. The minimum Gasteiger partial charge on any atom is -0.441 e. The molecule has 0 fully saturated rings. The van der Waals surface area contributed by atoms with Crippen LogP contribution in [0, 0.1) is 18.3 Å². The smallest absolute Gasteiger partial charge is 0.223 e. The first-order valence-corrected chi connectivity index (χ1v) is 6.07. The van der Waals surface area contributed by atoms with E-state index in [4.69, 9.17) is 9.68 Å². The van der Waals surface area contributed by atoms with Crippen molar-refractivity contribution in [2.75, 3.05) is 7.05 Å². The predicted molar refractivity (Wildman–Crippen MR) is 70.1 cm³/mol. The maximum absolute atomic E-state index is 11.7. The summed E-state index contributed by atoms with van der Waals surface area (Å²) < 4.78 is 5.46. The van der Waals surface area contributed by atoms with E-state index in [9.17, 15) is 4.79 Å². The molecule has 0 aliphatic carbocycles. The molecular weight excluding hydrogens is 242 g/mol. The predicted octanol–water partition coefficient (Wildman–Crippen LogP) is 2.40. The molecule has 0 radical (unpaired) electrons. The van der Waals surface area contributed by atoms with Crippen molar-refractivity contribution in [3.8, 4) is 6.07 Å². The second-order valence-corrected chi connectivity index (χ2v) is 4.44. The summed E-state index contributed by atoms with van der Waals surface area (Å²) in [5.74, 6) is 0.598. The Balaban J connectivity index is 2.08. The number of aromatic nitrogens is 1. The van der Waals surface area contributed by atoms with E-state index in [-0.39, 0.29) is 18.7 Å². The Morgan fingerprint density at radius 2 is 2.32 bits per heavy atom. The molecule has 1 aromatic carbocycles. The highest BCUT2D eigenvalue weighted by atomic mass is 16.3. The van der Waals surface area contributed by atoms with Crippen LogP contribution in [0.15, 0.2) is 22.6 Å². The molecule has 2 aromatic rings. The summed E-state index contributed by atoms with van der Waals surface area (Å²) in [6.45, 7) is 2.30. The number of rotatable bonds is 4. The minimum atomic E-state index is -0.0320. The van der Waals surface area contributed by atoms with Gasteiger partial charge in [0.15, 0.2) is 11.5 Å². The van der Waals surface area contributed by atoms with Gasteiger partial charge in [0.1, 0.15) is 5.52 Å². The summed E-state index contributed by atoms with van der Waals surface area (Å²) in [6, 6.07) is 7.68. The number of nitrogens with zero attached hydrogens (tertiary/aromatic N) is 3. The van der Waals surface area contributed by atoms with Crippen LogP contribution in [0.4, 0.5) is 0 Å². The molecule has 5 heteroatoms. The fourth-order valence-electron chi connectivity index (χ4n) is 1.90. The Bertz CT molecular complexity index is 640. The van der Waals surface area contributed by atoms with Gasteiger partial charge in [-0.25, -0.2) is 4.98 Å². The first kappa shape index (κ1) is 13.1. The monoisotopic (exact) mass is 257 g/mol. The highest BCUT2D eigenvalue weighted by Gasteiger charge is 2.10. The van der Waals surface area contributed by atoms with Crippen molar-refractivity contribution in [3.05, 3.63) is 29.7 Å². The maximum atomic E-state index is 11.7. The second kappa shape index (κ2) is 5.53. The van der Waals surface area contributed by atoms with Crippen LogP contribution in [-0.2, 0) is 11.3 Å². The molecule has 5 nitrogen and oxygen atoms in total. The van der Waals surface area contributed by atoms with Crippen molar-refractivity contribution >= 4 is 17.0 Å². The first-order chi connectivity index (χ1) is 9.10. The highest BCUT2D eigenvalue weighted by molar-refractivity contribution is 5.77. The fourth-order valence-corrected chi connectivity index (χ4v) is 1.90. The highest BCUT2D eigenvalue weighted by Crippen LogP contribution is 2.17. The Morgan fingerprint density at radius 1 is 1.53 bits per heavy atom. The first-order valence-electron chi connectivity index (χ1n) is 6.07. The van der Waals surface area contributed by atoms with Crippen molar-refractivity contribution < 1.29 is 9.21 Å².